The van der Waals surface area contributed by atoms with E-state index in [2.05, 4.69) is 28.2 Å². The fraction of sp³-hybridized carbons (Fsp3) is 0.269. The third-order valence-electron chi connectivity index (χ3n) is 5.63. The number of hydrogen-bond donors (Lipinski definition) is 1. The number of fused-ring (bicyclic) bond motifs is 1. The van der Waals surface area contributed by atoms with Gasteiger partial charge >= 0.3 is 5.97 Å². The fourth-order valence-corrected chi connectivity index (χ4v) is 5.58. The summed E-state index contributed by atoms with van der Waals surface area (Å²) in [7, 11) is 0. The molecular weight excluding hydrogens is 516 g/mol. The number of rotatable bonds is 6. The van der Waals surface area contributed by atoms with Crippen molar-refractivity contribution in [1.29, 1.82) is 5.26 Å². The molecule has 0 unspecified atom stereocenters. The van der Waals surface area contributed by atoms with Crippen LogP contribution in [0.4, 0.5) is 5.00 Å². The molecule has 8 heteroatoms. The summed E-state index contributed by atoms with van der Waals surface area (Å²) in [6, 6.07) is 13.1. The Morgan fingerprint density at radius 1 is 1.29 bits per heavy atom. The molecule has 0 fully saturated rings. The van der Waals surface area contributed by atoms with Gasteiger partial charge in [-0.1, -0.05) is 35.0 Å². The number of nitriles is 1. The molecule has 1 aliphatic rings. The number of nitrogens with one attached hydrogen (secondary N) is 1. The first-order valence-corrected chi connectivity index (χ1v) is 12.6. The molecule has 174 valence electrons. The highest BCUT2D eigenvalue weighted by Crippen LogP contribution is 2.40. The van der Waals surface area contributed by atoms with Crippen LogP contribution in [0.5, 0.6) is 0 Å². The predicted molar refractivity (Wildman–Crippen MR) is 136 cm³/mol. The standard InChI is InChI=1S/C26H23BrN2O4S/c1-3-32-26(31)23-20-10-4-15(2)12-22(20)34-25(23)29-24(30)17(14-28)13-19-9-11-21(33-19)16-5-7-18(27)8-6-16/h5-9,11,13,15H,3-4,10,12H2,1-2H3,(H,29,30)/b17-13+/t15-/m0/s1. The number of furan rings is 1. The number of nitrogens with zero attached hydrogens (tertiary/aromatic N) is 1. The second kappa shape index (κ2) is 10.4. The summed E-state index contributed by atoms with van der Waals surface area (Å²) in [5.74, 6) is 0.479. The number of carbonyl (C=O) groups excluding carboxylic acids is 2. The van der Waals surface area contributed by atoms with Gasteiger partial charge in [0, 0.05) is 21.0 Å². The number of carbonyl (C=O) groups is 2. The first-order valence-electron chi connectivity index (χ1n) is 11.0. The first-order chi connectivity index (χ1) is 16.4. The minimum absolute atomic E-state index is 0.119. The predicted octanol–water partition coefficient (Wildman–Crippen LogP) is 6.62. The molecule has 1 aromatic carbocycles. The van der Waals surface area contributed by atoms with E-state index in [1.807, 2.05) is 30.3 Å². The summed E-state index contributed by atoms with van der Waals surface area (Å²) >= 11 is 4.79. The maximum absolute atomic E-state index is 13.0. The highest BCUT2D eigenvalue weighted by atomic mass is 79.9. The van der Waals surface area contributed by atoms with Crippen LogP contribution in [0.15, 0.2) is 50.9 Å². The monoisotopic (exact) mass is 538 g/mol. The van der Waals surface area contributed by atoms with E-state index in [9.17, 15) is 14.9 Å². The van der Waals surface area contributed by atoms with Gasteiger partial charge in [-0.25, -0.2) is 4.79 Å². The molecule has 6 nitrogen and oxygen atoms in total. The number of hydrogen-bond acceptors (Lipinski definition) is 6. The van der Waals surface area contributed by atoms with Crippen molar-refractivity contribution in [3.8, 4) is 17.4 Å². The van der Waals surface area contributed by atoms with Crippen LogP contribution in [-0.4, -0.2) is 18.5 Å². The molecule has 0 aliphatic heterocycles. The molecule has 4 rings (SSSR count). The van der Waals surface area contributed by atoms with Gasteiger partial charge in [0.25, 0.3) is 5.91 Å². The van der Waals surface area contributed by atoms with Crippen molar-refractivity contribution < 1.29 is 18.7 Å². The summed E-state index contributed by atoms with van der Waals surface area (Å²) in [5.41, 5.74) is 2.12. The zero-order valence-corrected chi connectivity index (χ0v) is 21.2. The SMILES string of the molecule is CCOC(=O)c1c(NC(=O)/C(C#N)=C/c2ccc(-c3ccc(Br)cc3)o2)sc2c1CC[C@H](C)C2. The van der Waals surface area contributed by atoms with Crippen LogP contribution in [0.25, 0.3) is 17.4 Å². The topological polar surface area (TPSA) is 92.3 Å². The normalized spacial score (nSPS) is 15.4. The molecule has 0 bridgehead atoms. The van der Waals surface area contributed by atoms with Crippen LogP contribution in [0.1, 0.15) is 46.8 Å². The fourth-order valence-electron chi connectivity index (χ4n) is 3.92. The number of benzene rings is 1. The van der Waals surface area contributed by atoms with E-state index < -0.39 is 11.9 Å². The van der Waals surface area contributed by atoms with Crippen LogP contribution in [0.2, 0.25) is 0 Å². The molecule has 3 aromatic rings. The molecule has 0 saturated heterocycles. The smallest absolute Gasteiger partial charge is 0.341 e. The van der Waals surface area contributed by atoms with Gasteiger partial charge in [0.2, 0.25) is 0 Å². The van der Waals surface area contributed by atoms with E-state index in [0.29, 0.717) is 28.0 Å². The highest BCUT2D eigenvalue weighted by Gasteiger charge is 2.29. The van der Waals surface area contributed by atoms with E-state index in [0.717, 1.165) is 39.7 Å². The third kappa shape index (κ3) is 5.16. The lowest BCUT2D eigenvalue weighted by Crippen LogP contribution is -2.17. The number of esters is 1. The Balaban J connectivity index is 1.59. The van der Waals surface area contributed by atoms with Gasteiger partial charge in [-0.3, -0.25) is 4.79 Å². The van der Waals surface area contributed by atoms with Crippen molar-refractivity contribution in [2.45, 2.75) is 33.1 Å². The Morgan fingerprint density at radius 3 is 2.76 bits per heavy atom. The van der Waals surface area contributed by atoms with Crippen LogP contribution < -0.4 is 5.32 Å². The Labute approximate surface area is 210 Å². The third-order valence-corrected chi connectivity index (χ3v) is 7.32. The highest BCUT2D eigenvalue weighted by molar-refractivity contribution is 9.10. The molecule has 2 aromatic heterocycles. The summed E-state index contributed by atoms with van der Waals surface area (Å²) in [5, 5.41) is 12.8. The second-order valence-corrected chi connectivity index (χ2v) is 10.1. The lowest BCUT2D eigenvalue weighted by atomic mass is 9.88. The number of halogens is 1. The Kier molecular flexibility index (Phi) is 7.35. The molecule has 0 spiro atoms. The van der Waals surface area contributed by atoms with Crippen LogP contribution in [0.3, 0.4) is 0 Å². The molecule has 0 radical (unpaired) electrons. The summed E-state index contributed by atoms with van der Waals surface area (Å²) < 4.78 is 12.0. The van der Waals surface area contributed by atoms with E-state index >= 15 is 0 Å². The van der Waals surface area contributed by atoms with Gasteiger partial charge < -0.3 is 14.5 Å². The van der Waals surface area contributed by atoms with Crippen molar-refractivity contribution in [2.24, 2.45) is 5.92 Å². The van der Waals surface area contributed by atoms with E-state index in [1.54, 1.807) is 19.1 Å². The minimum Gasteiger partial charge on any atom is -0.462 e. The first kappa shape index (κ1) is 24.0. The van der Waals surface area contributed by atoms with Gasteiger partial charge in [0.1, 0.15) is 28.2 Å². The molecule has 1 amide bonds. The van der Waals surface area contributed by atoms with E-state index in [4.69, 9.17) is 9.15 Å². The average Bonchev–Trinajstić information content (AvgIpc) is 3.42. The van der Waals surface area contributed by atoms with E-state index in [1.165, 1.54) is 17.4 Å². The number of ether oxygens (including phenoxy) is 1. The van der Waals surface area contributed by atoms with Gasteiger partial charge in [0.15, 0.2) is 0 Å². The van der Waals surface area contributed by atoms with E-state index in [-0.39, 0.29) is 12.2 Å². The Morgan fingerprint density at radius 2 is 2.06 bits per heavy atom. The van der Waals surface area contributed by atoms with Gasteiger partial charge in [0.05, 0.1) is 12.2 Å². The van der Waals surface area contributed by atoms with Crippen LogP contribution >= 0.6 is 27.3 Å². The lowest BCUT2D eigenvalue weighted by Gasteiger charge is -2.18. The summed E-state index contributed by atoms with van der Waals surface area (Å²) in [6.45, 7) is 4.17. The van der Waals surface area contributed by atoms with Gasteiger partial charge in [-0.2, -0.15) is 5.26 Å². The maximum atomic E-state index is 13.0. The van der Waals surface area contributed by atoms with Gasteiger partial charge in [-0.05, 0) is 61.9 Å². The average molecular weight is 539 g/mol. The largest absolute Gasteiger partial charge is 0.462 e. The maximum Gasteiger partial charge on any atom is 0.341 e. The van der Waals surface area contributed by atoms with Crippen molar-refractivity contribution >= 4 is 50.2 Å². The van der Waals surface area contributed by atoms with Crippen molar-refractivity contribution in [3.63, 3.8) is 0 Å². The Hall–Kier alpha value is -3.15. The molecule has 1 aliphatic carbocycles. The van der Waals surface area contributed by atoms with Crippen molar-refractivity contribution in [3.05, 3.63) is 68.2 Å². The quantitative estimate of drug-likeness (QED) is 0.216. The second-order valence-electron chi connectivity index (χ2n) is 8.11. The molecule has 1 atom stereocenters. The summed E-state index contributed by atoms with van der Waals surface area (Å²) in [4.78, 5) is 26.8. The number of amides is 1. The van der Waals surface area contributed by atoms with Crippen LogP contribution in [0, 0.1) is 17.2 Å². The summed E-state index contributed by atoms with van der Waals surface area (Å²) in [6.07, 6.45) is 4.00. The molecule has 34 heavy (non-hydrogen) atoms. The van der Waals surface area contributed by atoms with Crippen molar-refractivity contribution in [1.82, 2.24) is 0 Å². The molecule has 2 heterocycles. The zero-order valence-electron chi connectivity index (χ0n) is 18.8. The minimum atomic E-state index is -0.596. The Bertz CT molecular complexity index is 1300. The van der Waals surface area contributed by atoms with Crippen LogP contribution in [-0.2, 0) is 22.4 Å². The molecule has 1 N–H and O–H groups in total. The van der Waals surface area contributed by atoms with Crippen molar-refractivity contribution in [2.75, 3.05) is 11.9 Å². The lowest BCUT2D eigenvalue weighted by molar-refractivity contribution is -0.112. The molecular formula is C26H23BrN2O4S. The number of thiophene rings is 1. The van der Waals surface area contributed by atoms with Gasteiger partial charge in [-0.15, -0.1) is 11.3 Å². The molecule has 0 saturated carbocycles. The number of anilines is 1. The zero-order chi connectivity index (χ0) is 24.2.